The number of aromatic nitrogens is 1. The van der Waals surface area contributed by atoms with Gasteiger partial charge in [0.2, 0.25) is 0 Å². The average molecular weight is 1820 g/mol. The second kappa shape index (κ2) is 55.2. The predicted molar refractivity (Wildman–Crippen MR) is 430 cm³/mol. The molecule has 3 unspecified atom stereocenters. The Hall–Kier alpha value is 0.210. The summed E-state index contributed by atoms with van der Waals surface area (Å²) in [5.41, 5.74) is 13.0. The fraction of sp³-hybridized carbons (Fsp3) is 0.415. The summed E-state index contributed by atoms with van der Waals surface area (Å²) in [5, 5.41) is 46.1. The first-order chi connectivity index (χ1) is 42.2. The molecule has 89 heavy (non-hydrogen) atoms. The van der Waals surface area contributed by atoms with Crippen LogP contribution in [0.1, 0.15) is 79.3 Å². The number of carbonyl (C=O) groups is 1. The minimum atomic E-state index is -0.342. The molecule has 0 spiro atoms. The number of rotatable bonds is 8. The maximum Gasteiger partial charge on any atom is 0.164 e. The van der Waals surface area contributed by atoms with E-state index < -0.39 is 0 Å². The summed E-state index contributed by atoms with van der Waals surface area (Å²) in [6.45, 7) is 3.29. The minimum absolute atomic E-state index is 0.0312. The third-order valence-corrected chi connectivity index (χ3v) is 48.0. The standard InChI is InChI=1S/C15H17BrN2OS.C9H11BrN2S.C9H9BrN2.C7H3BrFN.C6H8O2.C3H8O.C2H7N.CH2Cl2.CH4O.P4S10/c1-18(2)9-6-7-10(11(16)8-9)15-17-12-4-3-5-13(19)14(12)20-15;1-12(2)6-3-4-7(9(11)13)8(10)5-6;1-12(2)8-4-3-7(6-11)9(10)5-8;8-7-3-6(9)2-1-5(7)4-10;7-4-2-1-3-5-6(4)8-5;1-3(2)4;1-3-2;2-1-3;1-2;5-1-4(2-6)3-8-10-12-14-13-11-9-7/h6-8,13,19H,3-5H2,1-2H3;3-5H,1-2H3,(H2,11,13);3-5H,1-2H3;1-3H;5-6H,1-3H2;3-4H,1-2H3;3H,1-2H3;1H2;2H,1H3;. The Morgan fingerprint density at radius 2 is 1.28 bits per heavy atom. The number of epoxide rings is 1. The molecule has 3 aliphatic rings. The van der Waals surface area contributed by atoms with Crippen LogP contribution in [0.5, 0.6) is 0 Å². The van der Waals surface area contributed by atoms with Gasteiger partial charge in [-0.05, 0) is 271 Å². The van der Waals surface area contributed by atoms with E-state index in [1.165, 1.54) is 34.1 Å². The Morgan fingerprint density at radius 1 is 0.820 bits per heavy atom. The molecular formula is C53H69Br4Cl2FN8O5P4S12. The highest BCUT2D eigenvalue weighted by Crippen LogP contribution is 2.69. The van der Waals surface area contributed by atoms with Crippen LogP contribution in [0.4, 0.5) is 21.5 Å². The third-order valence-electron chi connectivity index (χ3n) is 10.2. The van der Waals surface area contributed by atoms with Crippen LogP contribution in [-0.2, 0) is 114 Å². The van der Waals surface area contributed by atoms with E-state index in [9.17, 15) is 14.3 Å². The van der Waals surface area contributed by atoms with Gasteiger partial charge in [-0.1, -0.05) is 35.8 Å². The molecule has 13 nitrogen and oxygen atoms in total. The van der Waals surface area contributed by atoms with Crippen molar-refractivity contribution in [3.05, 3.63) is 124 Å². The van der Waals surface area contributed by atoms with Crippen LogP contribution in [0.15, 0.2) is 90.7 Å². The van der Waals surface area contributed by atoms with Gasteiger partial charge in [-0.2, -0.15) is 10.5 Å². The molecule has 1 saturated carbocycles. The first kappa shape index (κ1) is 91.3. The summed E-state index contributed by atoms with van der Waals surface area (Å²) in [6, 6.07) is 25.8. The van der Waals surface area contributed by atoms with Crippen molar-refractivity contribution >= 4 is 264 Å². The molecule has 2 aliphatic carbocycles. The number of hydrogen-bond donors (Lipinski definition) is 5. The Labute approximate surface area is 618 Å². The SMILES string of the molecule is CC(C)O.CN(C)c1ccc(-c2nc3c(s2)C(O)CCC3)c(Br)c1.CN(C)c1ccc(C#N)c(Br)c1.CN(C)c1ccc(C(N)=S)c(Br)c1.CNC.CO.ClCCl.N#Cc1ccc(F)cc1Br.O=C1CCCC2OC12.S=PP(P=S)P=S=S=S=S=S=S=S=S. The predicted octanol–water partition coefficient (Wildman–Crippen LogP) is 16.2. The van der Waals surface area contributed by atoms with Crippen LogP contribution >= 0.6 is 139 Å². The number of fused-ring (bicyclic) bond motifs is 2. The van der Waals surface area contributed by atoms with Crippen LogP contribution in [0, 0.1) is 28.5 Å². The summed E-state index contributed by atoms with van der Waals surface area (Å²) in [4.78, 5) is 23.0. The number of hydrogen-bond acceptors (Lipinski definition) is 17. The smallest absolute Gasteiger partial charge is 0.164 e. The van der Waals surface area contributed by atoms with E-state index in [1.54, 1.807) is 75.7 Å². The number of benzene rings is 4. The monoisotopic (exact) mass is 1810 g/mol. The zero-order valence-corrected chi connectivity index (χ0v) is 71.2. The number of anilines is 3. The number of thiocarbonyl (C=S) groups is 1. The van der Waals surface area contributed by atoms with E-state index in [0.29, 0.717) is 32.5 Å². The molecule has 2 heterocycles. The number of aliphatic hydroxyl groups is 3. The lowest BCUT2D eigenvalue weighted by atomic mass is 10.00. The molecule has 3 atom stereocenters. The van der Waals surface area contributed by atoms with E-state index in [2.05, 4.69) is 98.2 Å². The highest BCUT2D eigenvalue weighted by atomic mass is 79.9. The number of nitrogens with zero attached hydrogens (tertiary/aromatic N) is 6. The third kappa shape index (κ3) is 40.5. The number of aliphatic hydroxyl groups excluding tert-OH is 3. The number of nitrogens with two attached hydrogens (primary N) is 1. The van der Waals surface area contributed by atoms with Crippen molar-refractivity contribution in [3.63, 3.8) is 0 Å². The number of nitrogens with one attached hydrogen (secondary N) is 1. The number of ketones is 1. The first-order valence-electron chi connectivity index (χ1n) is 25.4. The summed E-state index contributed by atoms with van der Waals surface area (Å²) < 4.78 is 20.7. The van der Waals surface area contributed by atoms with E-state index in [0.717, 1.165) is 117 Å². The molecule has 0 bridgehead atoms. The van der Waals surface area contributed by atoms with Gasteiger partial charge in [0.1, 0.15) is 34.1 Å². The maximum atomic E-state index is 12.3. The van der Waals surface area contributed by atoms with Gasteiger partial charge < -0.3 is 45.8 Å². The van der Waals surface area contributed by atoms with E-state index >= 15 is 0 Å². The molecule has 36 heteroatoms. The van der Waals surface area contributed by atoms with Crippen molar-refractivity contribution in [1.29, 1.82) is 10.5 Å². The van der Waals surface area contributed by atoms with Crippen LogP contribution < -0.4 is 25.8 Å². The molecule has 0 radical (unpaired) electrons. The molecule has 1 aromatic heterocycles. The van der Waals surface area contributed by atoms with Gasteiger partial charge >= 0.3 is 0 Å². The summed E-state index contributed by atoms with van der Waals surface area (Å²) >= 11 is 44.1. The Kier molecular flexibility index (Phi) is 56.6. The number of ether oxygens (including phenoxy) is 1. The summed E-state index contributed by atoms with van der Waals surface area (Å²) in [5.74, 6) is -0.0212. The van der Waals surface area contributed by atoms with Gasteiger partial charge in [-0.15, -0.1) is 34.5 Å². The number of halogens is 7. The fourth-order valence-corrected chi connectivity index (χ4v) is 45.3. The normalized spacial score (nSPS) is 14.3. The lowest BCUT2D eigenvalue weighted by Gasteiger charge is -2.14. The van der Waals surface area contributed by atoms with Crippen molar-refractivity contribution in [3.8, 4) is 22.7 Å². The molecule has 8 rings (SSSR count). The molecule has 2 fully saturated rings. The second-order valence-corrected chi connectivity index (χ2v) is 49.4. The molecule has 6 N–H and O–H groups in total. The number of Topliss-reactive ketones (excluding diaryl/α,β-unsaturated/α-hetero) is 1. The van der Waals surface area contributed by atoms with E-state index in [4.69, 9.17) is 106 Å². The molecule has 1 aliphatic heterocycles. The van der Waals surface area contributed by atoms with Gasteiger partial charge in [-0.25, -0.2) is 9.37 Å². The van der Waals surface area contributed by atoms with Crippen molar-refractivity contribution in [2.45, 2.75) is 76.8 Å². The number of aryl methyl sites for hydroxylation is 1. The Balaban J connectivity index is 0. The summed E-state index contributed by atoms with van der Waals surface area (Å²) in [7, 11) is 31.9. The summed E-state index contributed by atoms with van der Waals surface area (Å²) in [6.07, 6.45) is 5.63. The number of alkyl halides is 2. The quantitative estimate of drug-likeness (QED) is 0.0425. The van der Waals surface area contributed by atoms with Gasteiger partial charge in [0.15, 0.2) is 5.78 Å². The average Bonchev–Trinajstić information content (AvgIpc) is 1.76. The van der Waals surface area contributed by atoms with Crippen molar-refractivity contribution < 1.29 is 29.2 Å². The zero-order valence-electron chi connectivity index (χ0n) is 49.9. The molecular weight excluding hydrogens is 1750 g/mol. The van der Waals surface area contributed by atoms with E-state index in [1.807, 2.05) is 112 Å². The van der Waals surface area contributed by atoms with Crippen molar-refractivity contribution in [1.82, 2.24) is 10.3 Å². The number of carbonyl (C=O) groups excluding carboxylic acids is 1. The minimum Gasteiger partial charge on any atom is -0.400 e. The van der Waals surface area contributed by atoms with Crippen molar-refractivity contribution in [2.75, 3.05) is 83.5 Å². The van der Waals surface area contributed by atoms with Crippen LogP contribution in [0.25, 0.3) is 10.6 Å². The van der Waals surface area contributed by atoms with Gasteiger partial charge in [0, 0.05) is 129 Å². The number of thiazole rings is 1. The highest BCUT2D eigenvalue weighted by Gasteiger charge is 2.46. The van der Waals surface area contributed by atoms with Gasteiger partial charge in [0.05, 0.1) is 46.2 Å². The van der Waals surface area contributed by atoms with Gasteiger partial charge in [-0.3, -0.25) is 4.79 Å². The highest BCUT2D eigenvalue weighted by molar-refractivity contribution is 9.11. The number of nitriles is 2. The molecule has 4 aromatic carbocycles. The Bertz CT molecular complexity index is 3440. The van der Waals surface area contributed by atoms with Gasteiger partial charge in [0.25, 0.3) is 0 Å². The van der Waals surface area contributed by atoms with Crippen LogP contribution in [0.2, 0.25) is 0 Å². The van der Waals surface area contributed by atoms with Crippen LogP contribution in [0.3, 0.4) is 0 Å². The molecule has 492 valence electrons. The lowest BCUT2D eigenvalue weighted by Crippen LogP contribution is -2.14. The molecule has 5 aromatic rings. The van der Waals surface area contributed by atoms with E-state index in [-0.39, 0.29) is 36.5 Å². The Morgan fingerprint density at radius 3 is 1.71 bits per heavy atom. The topological polar surface area (TPSA) is 199 Å². The molecule has 1 saturated heterocycles. The largest absolute Gasteiger partial charge is 0.400 e. The first-order valence-corrected chi connectivity index (χ1v) is 49.4. The van der Waals surface area contributed by atoms with Crippen molar-refractivity contribution in [2.24, 2.45) is 5.73 Å². The lowest BCUT2D eigenvalue weighted by molar-refractivity contribution is -0.120. The maximum absolute atomic E-state index is 12.3. The fourth-order valence-electron chi connectivity index (χ4n) is 6.31. The second-order valence-electron chi connectivity index (χ2n) is 17.8. The molecule has 0 amide bonds. The van der Waals surface area contributed by atoms with Crippen LogP contribution in [-0.4, -0.2) is 118 Å². The zero-order chi connectivity index (χ0) is 68.2.